The van der Waals surface area contributed by atoms with Crippen LogP contribution in [0, 0.1) is 5.82 Å². The first-order chi connectivity index (χ1) is 8.59. The van der Waals surface area contributed by atoms with Gasteiger partial charge in [0.05, 0.1) is 6.10 Å². The van der Waals surface area contributed by atoms with Gasteiger partial charge in [-0.1, -0.05) is 6.07 Å². The number of aliphatic hydroxyl groups excluding tert-OH is 1. The van der Waals surface area contributed by atoms with Crippen molar-refractivity contribution in [1.82, 2.24) is 0 Å². The summed E-state index contributed by atoms with van der Waals surface area (Å²) in [7, 11) is 1.90. The van der Waals surface area contributed by atoms with Gasteiger partial charge in [-0.3, -0.25) is 0 Å². The van der Waals surface area contributed by atoms with Crippen LogP contribution in [0.3, 0.4) is 0 Å². The summed E-state index contributed by atoms with van der Waals surface area (Å²) in [5.41, 5.74) is 2.27. The predicted molar refractivity (Wildman–Crippen MR) is 73.5 cm³/mol. The summed E-state index contributed by atoms with van der Waals surface area (Å²) in [6, 6.07) is 6.92. The van der Waals surface area contributed by atoms with Gasteiger partial charge in [0.2, 0.25) is 0 Å². The fourth-order valence-electron chi connectivity index (χ4n) is 2.01. The number of aliphatic hydroxyl groups is 1. The fraction of sp³-hybridized carbons (Fsp3) is 0.286. The second-order valence-electron chi connectivity index (χ2n) is 4.34. The number of hydrogen-bond acceptors (Lipinski definition) is 3. The Bertz CT molecular complexity index is 511. The summed E-state index contributed by atoms with van der Waals surface area (Å²) >= 11 is 1.64. The maximum absolute atomic E-state index is 13.8. The van der Waals surface area contributed by atoms with Crippen molar-refractivity contribution in [2.24, 2.45) is 0 Å². The van der Waals surface area contributed by atoms with Crippen molar-refractivity contribution in [3.63, 3.8) is 0 Å². The van der Waals surface area contributed by atoms with Crippen molar-refractivity contribution >= 4 is 17.0 Å². The Labute approximate surface area is 110 Å². The van der Waals surface area contributed by atoms with Crippen LogP contribution in [-0.2, 0) is 6.54 Å². The first-order valence-electron chi connectivity index (χ1n) is 5.78. The Balaban J connectivity index is 2.29. The SMILES string of the molecule is C[C@@H](O)c1c(F)cccc1N(C)Cc1ccsc1. The molecular weight excluding hydrogens is 249 g/mol. The molecule has 0 aliphatic heterocycles. The van der Waals surface area contributed by atoms with E-state index in [1.165, 1.54) is 11.6 Å². The molecule has 2 aromatic rings. The van der Waals surface area contributed by atoms with Gasteiger partial charge >= 0.3 is 0 Å². The molecule has 0 bridgehead atoms. The van der Waals surface area contributed by atoms with Gasteiger partial charge in [0.1, 0.15) is 5.82 Å². The van der Waals surface area contributed by atoms with E-state index in [-0.39, 0.29) is 5.82 Å². The van der Waals surface area contributed by atoms with Gasteiger partial charge in [-0.15, -0.1) is 0 Å². The van der Waals surface area contributed by atoms with Gasteiger partial charge in [0, 0.05) is 24.8 Å². The van der Waals surface area contributed by atoms with Crippen molar-refractivity contribution in [2.45, 2.75) is 19.6 Å². The second-order valence-corrected chi connectivity index (χ2v) is 5.12. The fourth-order valence-corrected chi connectivity index (χ4v) is 2.67. The molecule has 18 heavy (non-hydrogen) atoms. The zero-order valence-electron chi connectivity index (χ0n) is 10.4. The van der Waals surface area contributed by atoms with Crippen LogP contribution in [0.25, 0.3) is 0 Å². The van der Waals surface area contributed by atoms with Crippen LogP contribution < -0.4 is 4.90 Å². The van der Waals surface area contributed by atoms with E-state index in [0.29, 0.717) is 12.1 Å². The molecule has 1 atom stereocenters. The quantitative estimate of drug-likeness (QED) is 0.913. The monoisotopic (exact) mass is 265 g/mol. The molecule has 1 aromatic heterocycles. The van der Waals surface area contributed by atoms with Crippen LogP contribution in [0.2, 0.25) is 0 Å². The van der Waals surface area contributed by atoms with Crippen LogP contribution in [-0.4, -0.2) is 12.2 Å². The van der Waals surface area contributed by atoms with Gasteiger partial charge < -0.3 is 10.0 Å². The molecule has 96 valence electrons. The largest absolute Gasteiger partial charge is 0.389 e. The summed E-state index contributed by atoms with van der Waals surface area (Å²) in [5, 5.41) is 13.8. The van der Waals surface area contributed by atoms with Gasteiger partial charge in [0.15, 0.2) is 0 Å². The molecule has 1 N–H and O–H groups in total. The minimum atomic E-state index is -0.814. The molecule has 4 heteroatoms. The molecule has 0 unspecified atom stereocenters. The number of rotatable bonds is 4. The van der Waals surface area contributed by atoms with Crippen LogP contribution in [0.1, 0.15) is 24.2 Å². The first kappa shape index (κ1) is 13.1. The second kappa shape index (κ2) is 5.50. The molecule has 1 aromatic carbocycles. The third kappa shape index (κ3) is 2.71. The molecule has 0 aliphatic rings. The number of benzene rings is 1. The normalized spacial score (nSPS) is 12.4. The Kier molecular flexibility index (Phi) is 3.99. The lowest BCUT2D eigenvalue weighted by molar-refractivity contribution is 0.194. The van der Waals surface area contributed by atoms with Crippen molar-refractivity contribution in [2.75, 3.05) is 11.9 Å². The van der Waals surface area contributed by atoms with Gasteiger partial charge in [-0.25, -0.2) is 4.39 Å². The lowest BCUT2D eigenvalue weighted by Crippen LogP contribution is -2.19. The molecular formula is C14H16FNOS. The van der Waals surface area contributed by atoms with Gasteiger partial charge in [-0.2, -0.15) is 11.3 Å². The highest BCUT2D eigenvalue weighted by molar-refractivity contribution is 7.07. The zero-order chi connectivity index (χ0) is 13.1. The van der Waals surface area contributed by atoms with Crippen LogP contribution >= 0.6 is 11.3 Å². The van der Waals surface area contributed by atoms with E-state index >= 15 is 0 Å². The topological polar surface area (TPSA) is 23.5 Å². The summed E-state index contributed by atoms with van der Waals surface area (Å²) in [6.45, 7) is 2.28. The highest BCUT2D eigenvalue weighted by Gasteiger charge is 2.16. The highest BCUT2D eigenvalue weighted by Crippen LogP contribution is 2.29. The van der Waals surface area contributed by atoms with E-state index in [1.807, 2.05) is 29.5 Å². The molecule has 0 spiro atoms. The van der Waals surface area contributed by atoms with Crippen molar-refractivity contribution in [1.29, 1.82) is 0 Å². The van der Waals surface area contributed by atoms with Crippen LogP contribution in [0.5, 0.6) is 0 Å². The average Bonchev–Trinajstić information content (AvgIpc) is 2.80. The Hall–Kier alpha value is -1.39. The standard InChI is InChI=1S/C14H16FNOS/c1-10(17)14-12(15)4-3-5-13(14)16(2)8-11-6-7-18-9-11/h3-7,9-10,17H,8H2,1-2H3/t10-/m1/s1. The molecule has 0 amide bonds. The van der Waals surface area contributed by atoms with E-state index < -0.39 is 6.10 Å². The minimum absolute atomic E-state index is 0.357. The zero-order valence-corrected chi connectivity index (χ0v) is 11.2. The summed E-state index contributed by atoms with van der Waals surface area (Å²) in [5.74, 6) is -0.361. The molecule has 0 saturated heterocycles. The molecule has 0 radical (unpaired) electrons. The third-order valence-corrected chi connectivity index (χ3v) is 3.59. The molecule has 0 aliphatic carbocycles. The Morgan fingerprint density at radius 1 is 1.39 bits per heavy atom. The van der Waals surface area contributed by atoms with Gasteiger partial charge in [0.25, 0.3) is 0 Å². The smallest absolute Gasteiger partial charge is 0.131 e. The van der Waals surface area contributed by atoms with Gasteiger partial charge in [-0.05, 0) is 41.4 Å². The minimum Gasteiger partial charge on any atom is -0.389 e. The highest BCUT2D eigenvalue weighted by atomic mass is 32.1. The van der Waals surface area contributed by atoms with Crippen LogP contribution in [0.4, 0.5) is 10.1 Å². The van der Waals surface area contributed by atoms with E-state index in [1.54, 1.807) is 24.3 Å². The molecule has 2 rings (SSSR count). The Morgan fingerprint density at radius 3 is 2.78 bits per heavy atom. The third-order valence-electron chi connectivity index (χ3n) is 2.86. The first-order valence-corrected chi connectivity index (χ1v) is 6.72. The maximum Gasteiger partial charge on any atom is 0.131 e. The Morgan fingerprint density at radius 2 is 2.17 bits per heavy atom. The van der Waals surface area contributed by atoms with Crippen LogP contribution in [0.15, 0.2) is 35.0 Å². The predicted octanol–water partition coefficient (Wildman–Crippen LogP) is 3.58. The summed E-state index contributed by atoms with van der Waals surface area (Å²) < 4.78 is 13.8. The van der Waals surface area contributed by atoms with E-state index in [9.17, 15) is 9.50 Å². The molecule has 1 heterocycles. The number of thiophene rings is 1. The molecule has 0 saturated carbocycles. The maximum atomic E-state index is 13.8. The number of anilines is 1. The van der Waals surface area contributed by atoms with E-state index in [0.717, 1.165) is 5.69 Å². The summed E-state index contributed by atoms with van der Waals surface area (Å²) in [6.07, 6.45) is -0.814. The van der Waals surface area contributed by atoms with Crippen molar-refractivity contribution in [3.8, 4) is 0 Å². The summed E-state index contributed by atoms with van der Waals surface area (Å²) in [4.78, 5) is 1.95. The van der Waals surface area contributed by atoms with Crippen molar-refractivity contribution in [3.05, 3.63) is 52.0 Å². The molecule has 2 nitrogen and oxygen atoms in total. The average molecular weight is 265 g/mol. The number of hydrogen-bond donors (Lipinski definition) is 1. The lowest BCUT2D eigenvalue weighted by Gasteiger charge is -2.23. The molecule has 0 fully saturated rings. The number of nitrogens with zero attached hydrogens (tertiary/aromatic N) is 1. The lowest BCUT2D eigenvalue weighted by atomic mass is 10.1. The van der Waals surface area contributed by atoms with E-state index in [2.05, 4.69) is 5.38 Å². The number of halogens is 1. The van der Waals surface area contributed by atoms with E-state index in [4.69, 9.17) is 0 Å². The van der Waals surface area contributed by atoms with Crippen molar-refractivity contribution < 1.29 is 9.50 Å².